The fourth-order valence-electron chi connectivity index (χ4n) is 2.85. The largest absolute Gasteiger partial charge is 0.367 e. The van der Waals surface area contributed by atoms with Crippen molar-refractivity contribution in [3.63, 3.8) is 0 Å². The molecule has 2 amide bonds. The Bertz CT molecular complexity index is 644. The molecule has 5 heteroatoms. The van der Waals surface area contributed by atoms with E-state index in [2.05, 4.69) is 4.98 Å². The summed E-state index contributed by atoms with van der Waals surface area (Å²) >= 11 is 0. The molecule has 5 nitrogen and oxygen atoms in total. The first-order chi connectivity index (χ1) is 11.2. The molecule has 1 saturated heterocycles. The van der Waals surface area contributed by atoms with Crippen molar-refractivity contribution in [1.82, 2.24) is 14.8 Å². The molecule has 0 aliphatic carbocycles. The third-order valence-corrected chi connectivity index (χ3v) is 4.23. The topological polar surface area (TPSA) is 56.4 Å². The van der Waals surface area contributed by atoms with Crippen molar-refractivity contribution in [3.8, 4) is 0 Å². The zero-order chi connectivity index (χ0) is 16.1. The van der Waals surface area contributed by atoms with Crippen LogP contribution >= 0.6 is 0 Å². The van der Waals surface area contributed by atoms with Crippen LogP contribution in [0.25, 0.3) is 0 Å². The van der Waals surface area contributed by atoms with Gasteiger partial charge in [-0.05, 0) is 18.1 Å². The van der Waals surface area contributed by atoms with E-state index in [4.69, 9.17) is 0 Å². The zero-order valence-electron chi connectivity index (χ0n) is 13.1. The molecule has 1 aromatic carbocycles. The third kappa shape index (κ3) is 3.80. The van der Waals surface area contributed by atoms with Gasteiger partial charge < -0.3 is 14.8 Å². The first kappa shape index (κ1) is 15.3. The zero-order valence-corrected chi connectivity index (χ0v) is 13.1. The Balaban J connectivity index is 1.47. The molecule has 1 aromatic heterocycles. The average molecular weight is 311 g/mol. The van der Waals surface area contributed by atoms with Gasteiger partial charge in [0.15, 0.2) is 0 Å². The number of hydrogen-bond donors (Lipinski definition) is 1. The van der Waals surface area contributed by atoms with Crippen molar-refractivity contribution in [3.05, 3.63) is 59.9 Å². The monoisotopic (exact) mass is 311 g/mol. The summed E-state index contributed by atoms with van der Waals surface area (Å²) in [5.74, 6) is 0.199. The van der Waals surface area contributed by atoms with Crippen molar-refractivity contribution < 1.29 is 9.59 Å². The number of aromatic amines is 1. The Hall–Kier alpha value is -2.56. The van der Waals surface area contributed by atoms with Crippen LogP contribution < -0.4 is 0 Å². The summed E-state index contributed by atoms with van der Waals surface area (Å²) in [5, 5.41) is 0. The van der Waals surface area contributed by atoms with Gasteiger partial charge in [0, 0.05) is 45.0 Å². The maximum absolute atomic E-state index is 12.3. The average Bonchev–Trinajstić information content (AvgIpc) is 3.15. The molecule has 120 valence electrons. The van der Waals surface area contributed by atoms with E-state index in [0.29, 0.717) is 38.2 Å². The summed E-state index contributed by atoms with van der Waals surface area (Å²) < 4.78 is 0. The number of aryl methyl sites for hydroxylation is 1. The van der Waals surface area contributed by atoms with Crippen molar-refractivity contribution in [1.29, 1.82) is 0 Å². The molecule has 0 spiro atoms. The second kappa shape index (κ2) is 7.13. The number of amides is 2. The van der Waals surface area contributed by atoms with Gasteiger partial charge in [0.05, 0.1) is 5.56 Å². The summed E-state index contributed by atoms with van der Waals surface area (Å²) in [7, 11) is 0. The number of nitrogens with one attached hydrogen (secondary N) is 1. The lowest BCUT2D eigenvalue weighted by atomic mass is 10.1. The standard InChI is InChI=1S/C18H21N3O2/c22-17(7-6-15-4-2-1-3-5-15)20-10-12-21(13-11-20)18(23)16-8-9-19-14-16/h1-5,8-9,14,19H,6-7,10-13H2. The van der Waals surface area contributed by atoms with E-state index in [1.165, 1.54) is 5.56 Å². The molecule has 1 N–H and O–H groups in total. The van der Waals surface area contributed by atoms with E-state index < -0.39 is 0 Å². The maximum Gasteiger partial charge on any atom is 0.255 e. The first-order valence-electron chi connectivity index (χ1n) is 7.98. The Labute approximate surface area is 135 Å². The van der Waals surface area contributed by atoms with Crippen molar-refractivity contribution >= 4 is 11.8 Å². The van der Waals surface area contributed by atoms with Gasteiger partial charge in [-0.1, -0.05) is 30.3 Å². The van der Waals surface area contributed by atoms with Crippen molar-refractivity contribution in [2.45, 2.75) is 12.8 Å². The SMILES string of the molecule is O=C(CCc1ccccc1)N1CCN(C(=O)c2cc[nH]c2)CC1. The number of rotatable bonds is 4. The summed E-state index contributed by atoms with van der Waals surface area (Å²) in [6, 6.07) is 11.8. The number of piperazine rings is 1. The van der Waals surface area contributed by atoms with E-state index in [0.717, 1.165) is 6.42 Å². The summed E-state index contributed by atoms with van der Waals surface area (Å²) in [6.07, 6.45) is 4.74. The van der Waals surface area contributed by atoms with Gasteiger partial charge >= 0.3 is 0 Å². The third-order valence-electron chi connectivity index (χ3n) is 4.23. The van der Waals surface area contributed by atoms with Crippen LogP contribution in [-0.4, -0.2) is 52.8 Å². The second-order valence-electron chi connectivity index (χ2n) is 5.76. The van der Waals surface area contributed by atoms with E-state index in [1.54, 1.807) is 18.5 Å². The maximum atomic E-state index is 12.3. The van der Waals surface area contributed by atoms with Crippen molar-refractivity contribution in [2.75, 3.05) is 26.2 Å². The molecular weight excluding hydrogens is 290 g/mol. The highest BCUT2D eigenvalue weighted by atomic mass is 16.2. The highest BCUT2D eigenvalue weighted by Crippen LogP contribution is 2.10. The van der Waals surface area contributed by atoms with Crippen LogP contribution in [-0.2, 0) is 11.2 Å². The number of aromatic nitrogens is 1. The van der Waals surface area contributed by atoms with Gasteiger partial charge in [-0.2, -0.15) is 0 Å². The molecule has 0 radical (unpaired) electrons. The van der Waals surface area contributed by atoms with Gasteiger partial charge in [-0.25, -0.2) is 0 Å². The minimum Gasteiger partial charge on any atom is -0.367 e. The number of nitrogens with zero attached hydrogens (tertiary/aromatic N) is 2. The van der Waals surface area contributed by atoms with Crippen molar-refractivity contribution in [2.24, 2.45) is 0 Å². The van der Waals surface area contributed by atoms with E-state index in [1.807, 2.05) is 40.1 Å². The lowest BCUT2D eigenvalue weighted by Crippen LogP contribution is -2.50. The molecule has 1 aliphatic heterocycles. The Morgan fingerprint density at radius 1 is 0.957 bits per heavy atom. The van der Waals surface area contributed by atoms with E-state index >= 15 is 0 Å². The molecule has 1 fully saturated rings. The Morgan fingerprint density at radius 2 is 1.65 bits per heavy atom. The fraction of sp³-hybridized carbons (Fsp3) is 0.333. The van der Waals surface area contributed by atoms with Gasteiger partial charge in [0.25, 0.3) is 5.91 Å². The van der Waals surface area contributed by atoms with Crippen LogP contribution in [0.5, 0.6) is 0 Å². The van der Waals surface area contributed by atoms with Crippen LogP contribution in [0.15, 0.2) is 48.8 Å². The van der Waals surface area contributed by atoms with Gasteiger partial charge in [0.1, 0.15) is 0 Å². The highest BCUT2D eigenvalue weighted by Gasteiger charge is 2.24. The number of carbonyl (C=O) groups is 2. The number of carbonyl (C=O) groups excluding carboxylic acids is 2. The summed E-state index contributed by atoms with van der Waals surface area (Å²) in [4.78, 5) is 31.1. The molecule has 23 heavy (non-hydrogen) atoms. The summed E-state index contributed by atoms with van der Waals surface area (Å²) in [6.45, 7) is 2.43. The van der Waals surface area contributed by atoms with E-state index in [9.17, 15) is 9.59 Å². The lowest BCUT2D eigenvalue weighted by Gasteiger charge is -2.34. The second-order valence-corrected chi connectivity index (χ2v) is 5.76. The lowest BCUT2D eigenvalue weighted by molar-refractivity contribution is -0.132. The smallest absolute Gasteiger partial charge is 0.255 e. The minimum atomic E-state index is 0.0302. The van der Waals surface area contributed by atoms with Crippen LogP contribution in [0.3, 0.4) is 0 Å². The molecule has 1 aliphatic rings. The minimum absolute atomic E-state index is 0.0302. The van der Waals surface area contributed by atoms with Crippen LogP contribution in [0.1, 0.15) is 22.3 Å². The van der Waals surface area contributed by atoms with Gasteiger partial charge in [-0.3, -0.25) is 9.59 Å². The molecule has 2 aromatic rings. The molecule has 0 unspecified atom stereocenters. The molecule has 3 rings (SSSR count). The first-order valence-corrected chi connectivity index (χ1v) is 7.98. The van der Waals surface area contributed by atoms with Gasteiger partial charge in [-0.15, -0.1) is 0 Å². The van der Waals surface area contributed by atoms with Crippen LogP contribution in [0.4, 0.5) is 0 Å². The normalized spacial score (nSPS) is 14.8. The number of hydrogen-bond acceptors (Lipinski definition) is 2. The predicted molar refractivity (Wildman–Crippen MR) is 88.0 cm³/mol. The number of H-pyrrole nitrogens is 1. The molecule has 0 atom stereocenters. The predicted octanol–water partition coefficient (Wildman–Crippen LogP) is 1.93. The van der Waals surface area contributed by atoms with Gasteiger partial charge in [0.2, 0.25) is 5.91 Å². The number of benzene rings is 1. The Kier molecular flexibility index (Phi) is 4.76. The quantitative estimate of drug-likeness (QED) is 0.938. The van der Waals surface area contributed by atoms with Crippen LogP contribution in [0.2, 0.25) is 0 Å². The Morgan fingerprint density at radius 3 is 2.30 bits per heavy atom. The van der Waals surface area contributed by atoms with E-state index in [-0.39, 0.29) is 11.8 Å². The summed E-state index contributed by atoms with van der Waals surface area (Å²) in [5.41, 5.74) is 1.86. The molecular formula is C18H21N3O2. The molecule has 2 heterocycles. The highest BCUT2D eigenvalue weighted by molar-refractivity contribution is 5.94. The fourth-order valence-corrected chi connectivity index (χ4v) is 2.85. The van der Waals surface area contributed by atoms with Crippen LogP contribution in [0, 0.1) is 0 Å². The molecule has 0 bridgehead atoms. The molecule has 0 saturated carbocycles.